The number of hydrogen-bond acceptors (Lipinski definition) is 8. The van der Waals surface area contributed by atoms with Crippen LogP contribution in [0.4, 0.5) is 0 Å². The number of sulfonamides is 1. The fourth-order valence-corrected chi connectivity index (χ4v) is 5.41. The Bertz CT molecular complexity index is 1330. The highest BCUT2D eigenvalue weighted by Gasteiger charge is 2.29. The van der Waals surface area contributed by atoms with E-state index >= 15 is 0 Å². The minimum Gasteiger partial charge on any atom is -0.495 e. The second-order valence-corrected chi connectivity index (χ2v) is 9.49. The Morgan fingerprint density at radius 3 is 2.53 bits per heavy atom. The molecule has 2 N–H and O–H groups in total. The van der Waals surface area contributed by atoms with Crippen LogP contribution in [0.5, 0.6) is 11.5 Å². The molecule has 0 aliphatic rings. The summed E-state index contributed by atoms with van der Waals surface area (Å²) in [4.78, 5) is 20.1. The number of aryl methyl sites for hydroxylation is 2. The molecule has 0 amide bonds. The summed E-state index contributed by atoms with van der Waals surface area (Å²) >= 11 is 0. The maximum Gasteiger partial charge on any atom is 0.277 e. The predicted molar refractivity (Wildman–Crippen MR) is 127 cm³/mol. The number of nitrogens with zero attached hydrogens (tertiary/aromatic N) is 4. The van der Waals surface area contributed by atoms with E-state index in [0.29, 0.717) is 35.8 Å². The molecule has 11 nitrogen and oxygen atoms in total. The molecule has 3 aromatic rings. The molecule has 0 spiro atoms. The molecule has 0 aliphatic heterocycles. The monoisotopic (exact) mass is 493 g/mol. The Morgan fingerprint density at radius 1 is 1.21 bits per heavy atom. The van der Waals surface area contributed by atoms with Crippen LogP contribution in [-0.4, -0.2) is 70.8 Å². The lowest BCUT2D eigenvalue weighted by molar-refractivity contribution is 0.256. The first kappa shape index (κ1) is 25.7. The van der Waals surface area contributed by atoms with Gasteiger partial charge in [0.2, 0.25) is 10.0 Å². The topological polar surface area (TPSA) is 139 Å². The maximum atomic E-state index is 13.4. The van der Waals surface area contributed by atoms with Gasteiger partial charge in [-0.2, -0.15) is 4.31 Å². The van der Waals surface area contributed by atoms with Crippen molar-refractivity contribution in [3.8, 4) is 22.9 Å². The van der Waals surface area contributed by atoms with E-state index in [4.69, 9.17) is 9.47 Å². The fourth-order valence-electron chi connectivity index (χ4n) is 3.80. The van der Waals surface area contributed by atoms with Crippen molar-refractivity contribution in [2.75, 3.05) is 33.4 Å². The van der Waals surface area contributed by atoms with Crippen LogP contribution in [-0.2, 0) is 16.4 Å². The van der Waals surface area contributed by atoms with E-state index in [0.717, 1.165) is 10.7 Å². The first-order valence-corrected chi connectivity index (χ1v) is 12.6. The molecule has 0 saturated heterocycles. The van der Waals surface area contributed by atoms with E-state index in [2.05, 4.69) is 15.1 Å². The van der Waals surface area contributed by atoms with E-state index in [1.54, 1.807) is 20.8 Å². The van der Waals surface area contributed by atoms with Crippen LogP contribution in [0.1, 0.15) is 38.7 Å². The molecule has 12 heteroatoms. The number of imidazole rings is 1. The number of aromatic nitrogens is 4. The minimum absolute atomic E-state index is 0.0692. The number of H-pyrrole nitrogens is 1. The average molecular weight is 494 g/mol. The lowest BCUT2D eigenvalue weighted by Gasteiger charge is -2.22. The van der Waals surface area contributed by atoms with Crippen molar-refractivity contribution in [1.29, 1.82) is 0 Å². The summed E-state index contributed by atoms with van der Waals surface area (Å²) in [5.74, 6) is 1.17. The smallest absolute Gasteiger partial charge is 0.277 e. The summed E-state index contributed by atoms with van der Waals surface area (Å²) in [5, 5.41) is 13.9. The van der Waals surface area contributed by atoms with E-state index in [9.17, 15) is 18.3 Å². The van der Waals surface area contributed by atoms with Gasteiger partial charge in [-0.3, -0.25) is 4.79 Å². The van der Waals surface area contributed by atoms with E-state index in [1.807, 2.05) is 6.92 Å². The lowest BCUT2D eigenvalue weighted by atomic mass is 10.1. The number of aliphatic hydroxyl groups is 1. The van der Waals surface area contributed by atoms with E-state index in [-0.39, 0.29) is 41.7 Å². The molecule has 0 radical (unpaired) electrons. The first-order chi connectivity index (χ1) is 16.2. The molecule has 0 fully saturated rings. The van der Waals surface area contributed by atoms with Crippen molar-refractivity contribution in [3.05, 3.63) is 34.0 Å². The summed E-state index contributed by atoms with van der Waals surface area (Å²) in [5.41, 5.74) is 0.797. The van der Waals surface area contributed by atoms with Crippen molar-refractivity contribution < 1.29 is 23.0 Å². The second-order valence-electron chi connectivity index (χ2n) is 7.58. The van der Waals surface area contributed by atoms with Crippen LogP contribution in [0.2, 0.25) is 0 Å². The summed E-state index contributed by atoms with van der Waals surface area (Å²) in [7, 11) is -2.67. The van der Waals surface area contributed by atoms with Gasteiger partial charge in [0.05, 0.1) is 31.6 Å². The summed E-state index contributed by atoms with van der Waals surface area (Å²) < 4.78 is 40.6. The van der Waals surface area contributed by atoms with Gasteiger partial charge in [-0.1, -0.05) is 13.8 Å². The van der Waals surface area contributed by atoms with Crippen LogP contribution in [0.15, 0.2) is 21.8 Å². The number of aliphatic hydroxyl groups excluding tert-OH is 1. The third-order valence-corrected chi connectivity index (χ3v) is 7.35. The number of nitrogens with one attached hydrogen (secondary N) is 1. The SMILES string of the molecule is CCCc1nc(C)c2c(=O)[nH]c(-c3cc(S(=O)(=O)N(CC)CCO)c(OC)cc3OCC)nn12. The largest absolute Gasteiger partial charge is 0.495 e. The van der Waals surface area contributed by atoms with Crippen LogP contribution in [0.3, 0.4) is 0 Å². The normalized spacial score (nSPS) is 12.0. The number of hydrogen-bond donors (Lipinski definition) is 2. The molecule has 0 aliphatic carbocycles. The fraction of sp³-hybridized carbons (Fsp3) is 0.500. The number of aromatic amines is 1. The van der Waals surface area contributed by atoms with Gasteiger partial charge < -0.3 is 19.6 Å². The van der Waals surface area contributed by atoms with Gasteiger partial charge in [-0.05, 0) is 26.3 Å². The second kappa shape index (κ2) is 10.5. The molecule has 1 aromatic carbocycles. The van der Waals surface area contributed by atoms with Gasteiger partial charge >= 0.3 is 0 Å². The van der Waals surface area contributed by atoms with Gasteiger partial charge in [0.15, 0.2) is 11.3 Å². The highest BCUT2D eigenvalue weighted by atomic mass is 32.2. The van der Waals surface area contributed by atoms with Crippen molar-refractivity contribution in [2.24, 2.45) is 0 Å². The van der Waals surface area contributed by atoms with E-state index in [1.165, 1.54) is 23.8 Å². The van der Waals surface area contributed by atoms with Crippen LogP contribution in [0.25, 0.3) is 16.9 Å². The summed E-state index contributed by atoms with van der Waals surface area (Å²) in [6, 6.07) is 2.85. The summed E-state index contributed by atoms with van der Waals surface area (Å²) in [6.45, 7) is 7.28. The van der Waals surface area contributed by atoms with Crippen molar-refractivity contribution in [1.82, 2.24) is 23.9 Å². The van der Waals surface area contributed by atoms with Gasteiger partial charge in [-0.25, -0.2) is 17.9 Å². The molecule has 3 rings (SSSR count). The zero-order valence-electron chi connectivity index (χ0n) is 20.1. The van der Waals surface area contributed by atoms with Crippen molar-refractivity contribution in [3.63, 3.8) is 0 Å². The first-order valence-electron chi connectivity index (χ1n) is 11.2. The Hall–Kier alpha value is -2.96. The third-order valence-electron chi connectivity index (χ3n) is 5.36. The number of ether oxygens (including phenoxy) is 2. The van der Waals surface area contributed by atoms with Gasteiger partial charge in [0.1, 0.15) is 22.2 Å². The zero-order chi connectivity index (χ0) is 25.0. The highest BCUT2D eigenvalue weighted by Crippen LogP contribution is 2.38. The number of rotatable bonds is 11. The molecular weight excluding hydrogens is 462 g/mol. The van der Waals surface area contributed by atoms with E-state index < -0.39 is 15.6 Å². The minimum atomic E-state index is -4.03. The van der Waals surface area contributed by atoms with Crippen LogP contribution < -0.4 is 15.0 Å². The standard InChI is InChI=1S/C22H31N5O6S/c1-6-9-19-23-14(4)20-22(29)24-21(25-27(19)20)15-12-18(17(32-5)13-16(15)33-8-3)34(30,31)26(7-2)10-11-28/h12-13,28H,6-11H2,1-5H3,(H,24,25,29). The summed E-state index contributed by atoms with van der Waals surface area (Å²) in [6.07, 6.45) is 1.44. The number of benzene rings is 1. The molecule has 2 aromatic heterocycles. The predicted octanol–water partition coefficient (Wildman–Crippen LogP) is 1.76. The molecule has 0 atom stereocenters. The molecule has 0 saturated carbocycles. The third kappa shape index (κ3) is 4.65. The molecule has 2 heterocycles. The lowest BCUT2D eigenvalue weighted by Crippen LogP contribution is -2.33. The molecule has 0 bridgehead atoms. The van der Waals surface area contributed by atoms with Gasteiger partial charge in [0, 0.05) is 25.6 Å². The van der Waals surface area contributed by atoms with Crippen LogP contribution >= 0.6 is 0 Å². The quantitative estimate of drug-likeness (QED) is 0.412. The molecule has 34 heavy (non-hydrogen) atoms. The number of methoxy groups -OCH3 is 1. The Kier molecular flexibility index (Phi) is 7.95. The van der Waals surface area contributed by atoms with Gasteiger partial charge in [-0.15, -0.1) is 5.10 Å². The maximum absolute atomic E-state index is 13.4. The van der Waals surface area contributed by atoms with Crippen LogP contribution in [0, 0.1) is 6.92 Å². The highest BCUT2D eigenvalue weighted by molar-refractivity contribution is 7.89. The molecule has 0 unspecified atom stereocenters. The van der Waals surface area contributed by atoms with Crippen molar-refractivity contribution in [2.45, 2.75) is 45.4 Å². The number of fused-ring (bicyclic) bond motifs is 1. The molecule has 186 valence electrons. The Morgan fingerprint density at radius 2 is 1.94 bits per heavy atom. The number of likely N-dealkylation sites (N-methyl/N-ethyl adjacent to an activating group) is 1. The molecular formula is C22H31N5O6S. The zero-order valence-corrected chi connectivity index (χ0v) is 20.9. The van der Waals surface area contributed by atoms with Crippen molar-refractivity contribution >= 4 is 15.5 Å². The Labute approximate surface area is 198 Å². The van der Waals surface area contributed by atoms with Gasteiger partial charge in [0.25, 0.3) is 5.56 Å². The Balaban J connectivity index is 2.33. The average Bonchev–Trinajstić information content (AvgIpc) is 3.12.